The summed E-state index contributed by atoms with van der Waals surface area (Å²) >= 11 is 0. The molecule has 0 saturated heterocycles. The van der Waals surface area contributed by atoms with Crippen molar-refractivity contribution in [1.82, 2.24) is 25.2 Å². The molecular formula is C23H15F5N6O2. The first kappa shape index (κ1) is 24.7. The highest BCUT2D eigenvalue weighted by atomic mass is 19.3. The second-order valence-corrected chi connectivity index (χ2v) is 7.66. The Morgan fingerprint density at radius 3 is 2.44 bits per heavy atom. The molecule has 2 aromatic heterocycles. The first-order valence-corrected chi connectivity index (χ1v) is 10.2. The van der Waals surface area contributed by atoms with Crippen LogP contribution in [-0.2, 0) is 24.7 Å². The molecule has 2 heterocycles. The standard InChI is InChI=1S/C23H15F5N6O2/c24-16-3-4-17(18(25)8-16)22(35,12-34-13-31-32-33-34)23(27,28)21-6-2-15(10-30-21)11-36-20-5-1-14(9-29)7-19(20)26/h1-8,10,13,35H,11-12H2. The summed E-state index contributed by atoms with van der Waals surface area (Å²) in [5, 5.41) is 30.0. The molecule has 0 fully saturated rings. The third-order valence-corrected chi connectivity index (χ3v) is 5.28. The SMILES string of the molecule is N#Cc1ccc(OCc2ccc(C(F)(F)C(O)(Cn3cnnn3)c3ccc(F)cc3F)nc2)c(F)c1. The fourth-order valence-electron chi connectivity index (χ4n) is 3.42. The van der Waals surface area contributed by atoms with Gasteiger partial charge in [0.15, 0.2) is 17.2 Å². The van der Waals surface area contributed by atoms with Crippen molar-refractivity contribution in [3.63, 3.8) is 0 Å². The van der Waals surface area contributed by atoms with Gasteiger partial charge in [-0.25, -0.2) is 17.9 Å². The number of nitriles is 1. The Balaban J connectivity index is 1.62. The van der Waals surface area contributed by atoms with Crippen LogP contribution in [0.5, 0.6) is 5.75 Å². The topological polar surface area (TPSA) is 110 Å². The highest BCUT2D eigenvalue weighted by Gasteiger charge is 2.58. The Labute approximate surface area is 200 Å². The molecule has 36 heavy (non-hydrogen) atoms. The molecule has 8 nitrogen and oxygen atoms in total. The van der Waals surface area contributed by atoms with Gasteiger partial charge in [-0.3, -0.25) is 4.98 Å². The smallest absolute Gasteiger partial charge is 0.323 e. The third-order valence-electron chi connectivity index (χ3n) is 5.28. The maximum absolute atomic E-state index is 15.7. The van der Waals surface area contributed by atoms with Gasteiger partial charge in [-0.2, -0.15) is 14.0 Å². The quantitative estimate of drug-likeness (QED) is 0.367. The lowest BCUT2D eigenvalue weighted by atomic mass is 9.84. The van der Waals surface area contributed by atoms with Crippen LogP contribution in [-0.4, -0.2) is 30.3 Å². The second-order valence-electron chi connectivity index (χ2n) is 7.66. The molecule has 0 spiro atoms. The minimum Gasteiger partial charge on any atom is -0.486 e. The Morgan fingerprint density at radius 2 is 1.83 bits per heavy atom. The first-order chi connectivity index (χ1) is 17.1. The number of pyridine rings is 1. The summed E-state index contributed by atoms with van der Waals surface area (Å²) in [6.45, 7) is -1.23. The van der Waals surface area contributed by atoms with Gasteiger partial charge in [-0.15, -0.1) is 5.10 Å². The van der Waals surface area contributed by atoms with Gasteiger partial charge in [0.1, 0.15) is 30.3 Å². The number of benzene rings is 2. The summed E-state index contributed by atoms with van der Waals surface area (Å²) in [4.78, 5) is 3.70. The minimum absolute atomic E-state index is 0.0971. The molecule has 4 aromatic rings. The van der Waals surface area contributed by atoms with Crippen molar-refractivity contribution >= 4 is 0 Å². The van der Waals surface area contributed by atoms with Crippen molar-refractivity contribution in [3.8, 4) is 11.8 Å². The summed E-state index contributed by atoms with van der Waals surface area (Å²) in [6, 6.07) is 9.26. The number of aliphatic hydroxyl groups is 1. The zero-order valence-electron chi connectivity index (χ0n) is 18.1. The van der Waals surface area contributed by atoms with Crippen LogP contribution in [0, 0.1) is 28.8 Å². The lowest BCUT2D eigenvalue weighted by Crippen LogP contribution is -2.48. The van der Waals surface area contributed by atoms with E-state index in [9.17, 15) is 18.3 Å². The Hall–Kier alpha value is -4.44. The number of rotatable bonds is 8. The summed E-state index contributed by atoms with van der Waals surface area (Å²) in [6.07, 6.45) is 1.96. The van der Waals surface area contributed by atoms with Crippen LogP contribution in [0.1, 0.15) is 22.4 Å². The number of hydrogen-bond acceptors (Lipinski definition) is 7. The van der Waals surface area contributed by atoms with Crippen molar-refractivity contribution in [2.75, 3.05) is 0 Å². The molecule has 184 valence electrons. The highest BCUT2D eigenvalue weighted by Crippen LogP contribution is 2.46. The molecule has 1 atom stereocenters. The molecule has 0 bridgehead atoms. The van der Waals surface area contributed by atoms with Crippen LogP contribution in [0.15, 0.2) is 61.1 Å². The molecule has 0 saturated carbocycles. The van der Waals surface area contributed by atoms with E-state index in [1.807, 2.05) is 0 Å². The molecule has 1 unspecified atom stereocenters. The van der Waals surface area contributed by atoms with Crippen molar-refractivity contribution in [2.45, 2.75) is 24.7 Å². The van der Waals surface area contributed by atoms with Gasteiger partial charge in [-0.1, -0.05) is 6.07 Å². The largest absolute Gasteiger partial charge is 0.486 e. The molecule has 0 amide bonds. The number of halogens is 5. The Bertz CT molecular complexity index is 1410. The lowest BCUT2D eigenvalue weighted by Gasteiger charge is -2.35. The van der Waals surface area contributed by atoms with Crippen LogP contribution in [0.2, 0.25) is 0 Å². The maximum Gasteiger partial charge on any atom is 0.323 e. The zero-order chi connectivity index (χ0) is 25.9. The number of aromatic nitrogens is 5. The van der Waals surface area contributed by atoms with E-state index < -0.39 is 46.8 Å². The zero-order valence-corrected chi connectivity index (χ0v) is 18.1. The van der Waals surface area contributed by atoms with Crippen LogP contribution in [0.25, 0.3) is 0 Å². The molecule has 0 aliphatic heterocycles. The Morgan fingerprint density at radius 1 is 1.03 bits per heavy atom. The van der Waals surface area contributed by atoms with E-state index in [1.54, 1.807) is 6.07 Å². The number of hydrogen-bond donors (Lipinski definition) is 1. The van der Waals surface area contributed by atoms with Crippen molar-refractivity contribution in [3.05, 3.63) is 101 Å². The summed E-state index contributed by atoms with van der Waals surface area (Å²) in [5.41, 5.74) is -4.73. The maximum atomic E-state index is 15.7. The average Bonchev–Trinajstić information content (AvgIpc) is 3.36. The molecule has 0 aliphatic carbocycles. The molecule has 0 aliphatic rings. The van der Waals surface area contributed by atoms with E-state index in [4.69, 9.17) is 10.00 Å². The van der Waals surface area contributed by atoms with E-state index in [0.717, 1.165) is 35.4 Å². The minimum atomic E-state index is -4.21. The van der Waals surface area contributed by atoms with Gasteiger partial charge in [0, 0.05) is 23.4 Å². The van der Waals surface area contributed by atoms with Crippen molar-refractivity contribution in [2.24, 2.45) is 0 Å². The van der Waals surface area contributed by atoms with Crippen molar-refractivity contribution < 1.29 is 31.8 Å². The number of tetrazole rings is 1. The van der Waals surface area contributed by atoms with Crippen molar-refractivity contribution in [1.29, 1.82) is 5.26 Å². The average molecular weight is 502 g/mol. The normalized spacial score (nSPS) is 13.1. The monoisotopic (exact) mass is 502 g/mol. The number of alkyl halides is 2. The van der Waals surface area contributed by atoms with E-state index in [0.29, 0.717) is 12.1 Å². The molecule has 2 aromatic carbocycles. The van der Waals surface area contributed by atoms with Gasteiger partial charge in [0.2, 0.25) is 0 Å². The highest BCUT2D eigenvalue weighted by molar-refractivity contribution is 5.36. The van der Waals surface area contributed by atoms with Crippen LogP contribution < -0.4 is 4.74 Å². The molecular weight excluding hydrogens is 487 g/mol. The lowest BCUT2D eigenvalue weighted by molar-refractivity contribution is -0.207. The molecule has 4 rings (SSSR count). The fraction of sp³-hybridized carbons (Fsp3) is 0.174. The number of nitrogens with zero attached hydrogens (tertiary/aromatic N) is 6. The Kier molecular flexibility index (Phi) is 6.63. The molecule has 1 N–H and O–H groups in total. The first-order valence-electron chi connectivity index (χ1n) is 10.2. The van der Waals surface area contributed by atoms with E-state index >= 15 is 8.78 Å². The summed E-state index contributed by atoms with van der Waals surface area (Å²) < 4.78 is 79.4. The third kappa shape index (κ3) is 4.71. The number of ether oxygens (including phenoxy) is 1. The van der Waals surface area contributed by atoms with Crippen LogP contribution in [0.3, 0.4) is 0 Å². The second kappa shape index (κ2) is 9.67. The molecule has 13 heteroatoms. The van der Waals surface area contributed by atoms with Gasteiger partial charge < -0.3 is 9.84 Å². The summed E-state index contributed by atoms with van der Waals surface area (Å²) in [5.74, 6) is -7.58. The van der Waals surface area contributed by atoms with E-state index in [2.05, 4.69) is 20.5 Å². The van der Waals surface area contributed by atoms with Gasteiger partial charge in [0.25, 0.3) is 0 Å². The van der Waals surface area contributed by atoms with Gasteiger partial charge in [0.05, 0.1) is 18.2 Å². The summed E-state index contributed by atoms with van der Waals surface area (Å²) in [7, 11) is 0. The van der Waals surface area contributed by atoms with Crippen LogP contribution in [0.4, 0.5) is 22.0 Å². The van der Waals surface area contributed by atoms with E-state index in [-0.39, 0.29) is 23.5 Å². The van der Waals surface area contributed by atoms with Crippen LogP contribution >= 0.6 is 0 Å². The molecule has 0 radical (unpaired) electrons. The van der Waals surface area contributed by atoms with E-state index in [1.165, 1.54) is 18.2 Å². The van der Waals surface area contributed by atoms with Gasteiger partial charge >= 0.3 is 5.92 Å². The predicted molar refractivity (Wildman–Crippen MR) is 112 cm³/mol. The predicted octanol–water partition coefficient (Wildman–Crippen LogP) is 3.62. The van der Waals surface area contributed by atoms with Gasteiger partial charge in [-0.05, 0) is 46.8 Å². The fourth-order valence-corrected chi connectivity index (χ4v) is 3.42.